The molecule has 4 rings (SSSR count). The fraction of sp³-hybridized carbons (Fsp3) is 0.211. The average Bonchev–Trinajstić information content (AvgIpc) is 3.13. The third kappa shape index (κ3) is 2.57. The molecule has 0 spiro atoms. The summed E-state index contributed by atoms with van der Waals surface area (Å²) in [6.07, 6.45) is 0. The van der Waals surface area contributed by atoms with E-state index in [-0.39, 0.29) is 11.4 Å². The first-order valence-electron chi connectivity index (χ1n) is 8.30. The highest BCUT2D eigenvalue weighted by molar-refractivity contribution is 6.23. The number of hydrogen-bond donors (Lipinski definition) is 3. The predicted octanol–water partition coefficient (Wildman–Crippen LogP) is 1.43. The van der Waals surface area contributed by atoms with Gasteiger partial charge in [-0.25, -0.2) is 9.29 Å². The number of aromatic hydroxyl groups is 1. The van der Waals surface area contributed by atoms with Crippen LogP contribution in [0.25, 0.3) is 0 Å². The Bertz CT molecular complexity index is 963. The quantitative estimate of drug-likeness (QED) is 0.706. The van der Waals surface area contributed by atoms with Crippen molar-refractivity contribution in [2.45, 2.75) is 12.1 Å². The van der Waals surface area contributed by atoms with Gasteiger partial charge < -0.3 is 10.2 Å². The molecule has 0 aliphatic carbocycles. The van der Waals surface area contributed by atoms with Crippen LogP contribution in [-0.4, -0.2) is 34.0 Å². The number of amides is 2. The van der Waals surface area contributed by atoms with Crippen LogP contribution in [0.1, 0.15) is 11.6 Å². The van der Waals surface area contributed by atoms with Crippen LogP contribution in [0.3, 0.4) is 0 Å². The van der Waals surface area contributed by atoms with Crippen LogP contribution >= 0.6 is 0 Å². The number of imide groups is 1. The van der Waals surface area contributed by atoms with Crippen LogP contribution in [0.15, 0.2) is 48.5 Å². The lowest BCUT2D eigenvalue weighted by Crippen LogP contribution is -2.43. The van der Waals surface area contributed by atoms with Gasteiger partial charge in [-0.1, -0.05) is 24.3 Å². The van der Waals surface area contributed by atoms with Crippen LogP contribution in [0.2, 0.25) is 0 Å². The molecule has 4 atom stereocenters. The number of para-hydroxylation sites is 1. The smallest absolute Gasteiger partial charge is 0.321 e. The number of carboxylic acid groups (broad SMARTS) is 1. The van der Waals surface area contributed by atoms with E-state index in [4.69, 9.17) is 0 Å². The number of phenolic OH excluding ortho intramolecular Hbond substituents is 1. The van der Waals surface area contributed by atoms with Gasteiger partial charge in [0.05, 0.1) is 17.5 Å². The molecule has 2 aromatic rings. The van der Waals surface area contributed by atoms with Crippen molar-refractivity contribution >= 4 is 23.5 Å². The molecule has 0 radical (unpaired) electrons. The van der Waals surface area contributed by atoms with Gasteiger partial charge in [-0.2, -0.15) is 0 Å². The van der Waals surface area contributed by atoms with Gasteiger partial charge >= 0.3 is 5.97 Å². The number of halogens is 1. The lowest BCUT2D eigenvalue weighted by molar-refractivity contribution is -0.142. The number of rotatable bonds is 3. The molecule has 8 heteroatoms. The zero-order chi connectivity index (χ0) is 19.3. The van der Waals surface area contributed by atoms with Gasteiger partial charge in [0.15, 0.2) is 0 Å². The lowest BCUT2D eigenvalue weighted by Gasteiger charge is -2.22. The molecule has 138 valence electrons. The second kappa shape index (κ2) is 6.17. The minimum absolute atomic E-state index is 0.0552. The molecule has 2 fully saturated rings. The van der Waals surface area contributed by atoms with E-state index < -0.39 is 47.5 Å². The Morgan fingerprint density at radius 2 is 1.74 bits per heavy atom. The Morgan fingerprint density at radius 3 is 2.41 bits per heavy atom. The van der Waals surface area contributed by atoms with E-state index in [1.54, 1.807) is 18.2 Å². The van der Waals surface area contributed by atoms with Gasteiger partial charge in [-0.3, -0.25) is 19.7 Å². The van der Waals surface area contributed by atoms with Crippen molar-refractivity contribution < 1.29 is 29.0 Å². The molecule has 2 heterocycles. The van der Waals surface area contributed by atoms with Crippen LogP contribution < -0.4 is 10.2 Å². The Hall–Kier alpha value is -3.26. The molecule has 3 N–H and O–H groups in total. The minimum atomic E-state index is -1.30. The third-order valence-electron chi connectivity index (χ3n) is 5.08. The van der Waals surface area contributed by atoms with Gasteiger partial charge in [0.25, 0.3) is 0 Å². The van der Waals surface area contributed by atoms with Gasteiger partial charge in [0.1, 0.15) is 17.6 Å². The fourth-order valence-corrected chi connectivity index (χ4v) is 3.94. The normalized spacial score (nSPS) is 27.1. The number of benzene rings is 2. The number of phenols is 1. The molecule has 7 nitrogen and oxygen atoms in total. The first-order valence-corrected chi connectivity index (χ1v) is 8.30. The standard InChI is InChI=1S/C19H15FN2O5/c20-9-4-3-5-10(8-9)22-17(24)13-14(18(22)25)16(19(26)27)21-15(13)11-6-1-2-7-12(11)23/h1-8,13-16,21,23H,(H,26,27). The summed E-state index contributed by atoms with van der Waals surface area (Å²) in [5, 5.41) is 22.5. The van der Waals surface area contributed by atoms with E-state index >= 15 is 0 Å². The van der Waals surface area contributed by atoms with Crippen LogP contribution in [0.5, 0.6) is 5.75 Å². The summed E-state index contributed by atoms with van der Waals surface area (Å²) < 4.78 is 13.6. The minimum Gasteiger partial charge on any atom is -0.508 e. The molecule has 0 aromatic heterocycles. The molecule has 2 saturated heterocycles. The van der Waals surface area contributed by atoms with Crippen LogP contribution in [0, 0.1) is 17.7 Å². The number of anilines is 1. The zero-order valence-corrected chi connectivity index (χ0v) is 13.9. The van der Waals surface area contributed by atoms with Gasteiger partial charge in [-0.05, 0) is 24.3 Å². The topological polar surface area (TPSA) is 107 Å². The number of hydrogen-bond acceptors (Lipinski definition) is 5. The summed E-state index contributed by atoms with van der Waals surface area (Å²) >= 11 is 0. The van der Waals surface area contributed by atoms with Crippen molar-refractivity contribution in [1.29, 1.82) is 0 Å². The van der Waals surface area contributed by atoms with Gasteiger partial charge in [0, 0.05) is 11.6 Å². The van der Waals surface area contributed by atoms with Crippen molar-refractivity contribution in [2.75, 3.05) is 4.90 Å². The highest BCUT2D eigenvalue weighted by Crippen LogP contribution is 2.46. The Balaban J connectivity index is 1.80. The summed E-state index contributed by atoms with van der Waals surface area (Å²) in [4.78, 5) is 38.5. The molecule has 4 unspecified atom stereocenters. The number of nitrogens with zero attached hydrogens (tertiary/aromatic N) is 1. The van der Waals surface area contributed by atoms with Crippen molar-refractivity contribution in [3.05, 3.63) is 59.9 Å². The highest BCUT2D eigenvalue weighted by Gasteiger charge is 2.61. The van der Waals surface area contributed by atoms with E-state index in [0.29, 0.717) is 5.56 Å². The second-order valence-electron chi connectivity index (χ2n) is 6.56. The van der Waals surface area contributed by atoms with Crippen LogP contribution in [-0.2, 0) is 14.4 Å². The molecule has 0 saturated carbocycles. The maximum absolute atomic E-state index is 13.6. The summed E-state index contributed by atoms with van der Waals surface area (Å²) in [7, 11) is 0. The third-order valence-corrected chi connectivity index (χ3v) is 5.08. The predicted molar refractivity (Wildman–Crippen MR) is 91.3 cm³/mol. The highest BCUT2D eigenvalue weighted by atomic mass is 19.1. The number of carbonyl (C=O) groups is 3. The Morgan fingerprint density at radius 1 is 1.04 bits per heavy atom. The van der Waals surface area contributed by atoms with E-state index in [9.17, 15) is 29.0 Å². The van der Waals surface area contributed by atoms with E-state index in [0.717, 1.165) is 11.0 Å². The molecule has 2 aliphatic heterocycles. The second-order valence-corrected chi connectivity index (χ2v) is 6.56. The van der Waals surface area contributed by atoms with Crippen LogP contribution in [0.4, 0.5) is 10.1 Å². The molecular weight excluding hydrogens is 355 g/mol. The van der Waals surface area contributed by atoms with Crippen molar-refractivity contribution in [1.82, 2.24) is 5.32 Å². The molecule has 2 amide bonds. The molecular formula is C19H15FN2O5. The van der Waals surface area contributed by atoms with Gasteiger partial charge in [-0.15, -0.1) is 0 Å². The maximum Gasteiger partial charge on any atom is 0.321 e. The average molecular weight is 370 g/mol. The largest absolute Gasteiger partial charge is 0.508 e. The molecule has 0 bridgehead atoms. The summed E-state index contributed by atoms with van der Waals surface area (Å²) in [5.41, 5.74) is 0.387. The number of aliphatic carboxylic acids is 1. The number of carboxylic acids is 1. The maximum atomic E-state index is 13.6. The number of nitrogens with one attached hydrogen (secondary N) is 1. The number of fused-ring (bicyclic) bond motifs is 1. The SMILES string of the molecule is O=C(O)C1NC(c2ccccc2O)C2C(=O)N(c3cccc(F)c3)C(=O)C12. The molecule has 2 aliphatic rings. The van der Waals surface area contributed by atoms with E-state index in [1.165, 1.54) is 24.3 Å². The zero-order valence-electron chi connectivity index (χ0n) is 13.9. The summed E-state index contributed by atoms with van der Waals surface area (Å²) in [5.74, 6) is -5.49. The fourth-order valence-electron chi connectivity index (χ4n) is 3.94. The van der Waals surface area contributed by atoms with E-state index in [1.807, 2.05) is 0 Å². The Kier molecular flexibility index (Phi) is 3.92. The monoisotopic (exact) mass is 370 g/mol. The summed E-state index contributed by atoms with van der Waals surface area (Å²) in [6, 6.07) is 9.10. The number of carbonyl (C=O) groups excluding carboxylic acids is 2. The van der Waals surface area contributed by atoms with Crippen molar-refractivity contribution in [3.63, 3.8) is 0 Å². The summed E-state index contributed by atoms with van der Waals surface area (Å²) in [6.45, 7) is 0. The first-order chi connectivity index (χ1) is 12.9. The van der Waals surface area contributed by atoms with E-state index in [2.05, 4.69) is 5.32 Å². The molecule has 2 aromatic carbocycles. The van der Waals surface area contributed by atoms with Gasteiger partial charge in [0.2, 0.25) is 11.8 Å². The lowest BCUT2D eigenvalue weighted by atomic mass is 9.86. The van der Waals surface area contributed by atoms with Crippen molar-refractivity contribution in [3.8, 4) is 5.75 Å². The Labute approximate surface area is 153 Å². The van der Waals surface area contributed by atoms with Crippen molar-refractivity contribution in [2.24, 2.45) is 11.8 Å². The molecule has 27 heavy (non-hydrogen) atoms. The first kappa shape index (κ1) is 17.2.